The lowest BCUT2D eigenvalue weighted by Crippen LogP contribution is -2.49. The lowest BCUT2D eigenvalue weighted by atomic mass is 9.83. The number of amides is 3. The standard InChI is InChI=1S/C28H30FN3O2/c1-19-7-6-8-21(13-19)16-30-27(33)24-15-23(22-11-12-26(29)20(2)14-22)17-32(18-24)28(34)31-25-9-4-3-5-10-25/h3-14,23-24H,15-18H2,1-2H3,(H,30,33)(H,31,34)/t23-,24+/m0/s1. The van der Waals surface area contributed by atoms with Crippen molar-refractivity contribution in [1.82, 2.24) is 10.2 Å². The highest BCUT2D eigenvalue weighted by atomic mass is 19.1. The van der Waals surface area contributed by atoms with E-state index in [1.54, 1.807) is 17.9 Å². The summed E-state index contributed by atoms with van der Waals surface area (Å²) in [4.78, 5) is 27.9. The van der Waals surface area contributed by atoms with Crippen LogP contribution >= 0.6 is 0 Å². The molecule has 1 heterocycles. The molecule has 1 saturated heterocycles. The Morgan fingerprint density at radius 3 is 2.50 bits per heavy atom. The second-order valence-electron chi connectivity index (χ2n) is 9.05. The second-order valence-corrected chi connectivity index (χ2v) is 9.05. The van der Waals surface area contributed by atoms with Gasteiger partial charge < -0.3 is 15.5 Å². The van der Waals surface area contributed by atoms with Gasteiger partial charge in [-0.05, 0) is 55.2 Å². The molecule has 2 N–H and O–H groups in total. The number of hydrogen-bond donors (Lipinski definition) is 2. The van der Waals surface area contributed by atoms with E-state index in [2.05, 4.69) is 10.6 Å². The van der Waals surface area contributed by atoms with E-state index in [1.165, 1.54) is 6.07 Å². The predicted octanol–water partition coefficient (Wildman–Crippen LogP) is 5.40. The van der Waals surface area contributed by atoms with Crippen molar-refractivity contribution in [2.45, 2.75) is 32.7 Å². The molecule has 6 heteroatoms. The SMILES string of the molecule is Cc1cccc(CNC(=O)[C@@H]2C[C@H](c3ccc(F)c(C)c3)CN(C(=O)Nc3ccccc3)C2)c1. The van der Waals surface area contributed by atoms with Crippen molar-refractivity contribution in [2.24, 2.45) is 5.92 Å². The molecule has 34 heavy (non-hydrogen) atoms. The highest BCUT2D eigenvalue weighted by molar-refractivity contribution is 5.90. The van der Waals surface area contributed by atoms with Crippen LogP contribution in [0.25, 0.3) is 0 Å². The minimum Gasteiger partial charge on any atom is -0.352 e. The molecule has 0 aromatic heterocycles. The Kier molecular flexibility index (Phi) is 7.26. The minimum absolute atomic E-state index is 0.0655. The third kappa shape index (κ3) is 5.81. The summed E-state index contributed by atoms with van der Waals surface area (Å²) in [7, 11) is 0. The van der Waals surface area contributed by atoms with Gasteiger partial charge in [-0.2, -0.15) is 0 Å². The molecule has 1 aliphatic rings. The largest absolute Gasteiger partial charge is 0.352 e. The van der Waals surface area contributed by atoms with Crippen LogP contribution in [0.1, 0.15) is 34.6 Å². The quantitative estimate of drug-likeness (QED) is 0.537. The third-order valence-corrected chi connectivity index (χ3v) is 6.34. The third-order valence-electron chi connectivity index (χ3n) is 6.34. The Hall–Kier alpha value is -3.67. The summed E-state index contributed by atoms with van der Waals surface area (Å²) in [5, 5.41) is 5.96. The van der Waals surface area contributed by atoms with Gasteiger partial charge in [0.05, 0.1) is 5.92 Å². The topological polar surface area (TPSA) is 61.4 Å². The molecule has 1 fully saturated rings. The van der Waals surface area contributed by atoms with Crippen LogP contribution in [0.15, 0.2) is 72.8 Å². The van der Waals surface area contributed by atoms with Gasteiger partial charge in [0.15, 0.2) is 0 Å². The van der Waals surface area contributed by atoms with Crippen LogP contribution in [0.5, 0.6) is 0 Å². The number of urea groups is 1. The number of anilines is 1. The Morgan fingerprint density at radius 1 is 0.971 bits per heavy atom. The minimum atomic E-state index is -0.365. The molecule has 0 aliphatic carbocycles. The summed E-state index contributed by atoms with van der Waals surface area (Å²) in [5.41, 5.74) is 4.37. The van der Waals surface area contributed by atoms with Crippen LogP contribution in [0.2, 0.25) is 0 Å². The fourth-order valence-corrected chi connectivity index (χ4v) is 4.50. The average Bonchev–Trinajstić information content (AvgIpc) is 2.84. The Morgan fingerprint density at radius 2 is 1.76 bits per heavy atom. The summed E-state index contributed by atoms with van der Waals surface area (Å²) in [6.07, 6.45) is 0.597. The normalized spacial score (nSPS) is 17.8. The number of rotatable bonds is 5. The zero-order valence-electron chi connectivity index (χ0n) is 19.6. The van der Waals surface area contributed by atoms with Crippen molar-refractivity contribution < 1.29 is 14.0 Å². The van der Waals surface area contributed by atoms with Gasteiger partial charge in [0, 0.05) is 31.2 Å². The summed E-state index contributed by atoms with van der Waals surface area (Å²) >= 11 is 0. The zero-order valence-corrected chi connectivity index (χ0v) is 19.6. The highest BCUT2D eigenvalue weighted by Gasteiger charge is 2.34. The van der Waals surface area contributed by atoms with Crippen LogP contribution in [0.3, 0.4) is 0 Å². The number of halogens is 1. The fraction of sp³-hybridized carbons (Fsp3) is 0.286. The molecule has 176 valence electrons. The first-order valence-corrected chi connectivity index (χ1v) is 11.6. The number of nitrogens with one attached hydrogen (secondary N) is 2. The van der Waals surface area contributed by atoms with E-state index in [-0.39, 0.29) is 29.6 Å². The molecule has 0 bridgehead atoms. The molecular formula is C28H30FN3O2. The van der Waals surface area contributed by atoms with Gasteiger partial charge in [0.1, 0.15) is 5.82 Å². The maximum Gasteiger partial charge on any atom is 0.321 e. The number of hydrogen-bond acceptors (Lipinski definition) is 2. The molecule has 2 atom stereocenters. The van der Waals surface area contributed by atoms with Gasteiger partial charge in [0.2, 0.25) is 5.91 Å². The molecule has 3 aromatic carbocycles. The lowest BCUT2D eigenvalue weighted by molar-refractivity contribution is -0.126. The molecular weight excluding hydrogens is 429 g/mol. The number of likely N-dealkylation sites (tertiary alicyclic amines) is 1. The summed E-state index contributed by atoms with van der Waals surface area (Å²) < 4.78 is 13.9. The lowest BCUT2D eigenvalue weighted by Gasteiger charge is -2.37. The second kappa shape index (κ2) is 10.5. The van der Waals surface area contributed by atoms with Crippen molar-refractivity contribution in [3.05, 3.63) is 101 Å². The number of carbonyl (C=O) groups is 2. The zero-order chi connectivity index (χ0) is 24.1. The number of para-hydroxylation sites is 1. The van der Waals surface area contributed by atoms with Crippen LogP contribution in [0, 0.1) is 25.6 Å². The van der Waals surface area contributed by atoms with E-state index in [0.717, 1.165) is 16.7 Å². The molecule has 5 nitrogen and oxygen atoms in total. The van der Waals surface area contributed by atoms with Crippen LogP contribution in [-0.2, 0) is 11.3 Å². The van der Waals surface area contributed by atoms with Crippen molar-refractivity contribution in [3.63, 3.8) is 0 Å². The first kappa shape index (κ1) is 23.5. The average molecular weight is 460 g/mol. The summed E-state index contributed by atoms with van der Waals surface area (Å²) in [6.45, 7) is 4.98. The van der Waals surface area contributed by atoms with Gasteiger partial charge in [-0.3, -0.25) is 4.79 Å². The van der Waals surface area contributed by atoms with Crippen molar-refractivity contribution >= 4 is 17.6 Å². The van der Waals surface area contributed by atoms with Crippen molar-refractivity contribution in [3.8, 4) is 0 Å². The number of benzene rings is 3. The molecule has 0 saturated carbocycles. The van der Waals surface area contributed by atoms with Crippen molar-refractivity contribution in [1.29, 1.82) is 0 Å². The number of carbonyl (C=O) groups excluding carboxylic acids is 2. The molecule has 3 amide bonds. The van der Waals surface area contributed by atoms with Gasteiger partial charge >= 0.3 is 6.03 Å². The van der Waals surface area contributed by atoms with E-state index < -0.39 is 0 Å². The smallest absolute Gasteiger partial charge is 0.321 e. The maximum atomic E-state index is 13.9. The molecule has 1 aliphatic heterocycles. The Bertz CT molecular complexity index is 1170. The highest BCUT2D eigenvalue weighted by Crippen LogP contribution is 2.32. The van der Waals surface area contributed by atoms with E-state index in [0.29, 0.717) is 37.3 Å². The predicted molar refractivity (Wildman–Crippen MR) is 132 cm³/mol. The van der Waals surface area contributed by atoms with Gasteiger partial charge in [0.25, 0.3) is 0 Å². The van der Waals surface area contributed by atoms with E-state index in [9.17, 15) is 14.0 Å². The first-order chi connectivity index (χ1) is 16.4. The first-order valence-electron chi connectivity index (χ1n) is 11.6. The number of nitrogens with zero attached hydrogens (tertiary/aromatic N) is 1. The monoisotopic (exact) mass is 459 g/mol. The summed E-state index contributed by atoms with van der Waals surface area (Å²) in [6, 6.07) is 22.1. The summed E-state index contributed by atoms with van der Waals surface area (Å²) in [5.74, 6) is -0.770. The van der Waals surface area contributed by atoms with Crippen LogP contribution in [-0.4, -0.2) is 29.9 Å². The number of piperidine rings is 1. The maximum absolute atomic E-state index is 13.9. The molecule has 3 aromatic rings. The number of aryl methyl sites for hydroxylation is 2. The van der Waals surface area contributed by atoms with E-state index in [4.69, 9.17) is 0 Å². The molecule has 4 rings (SSSR count). The van der Waals surface area contributed by atoms with Crippen LogP contribution < -0.4 is 10.6 Å². The fourth-order valence-electron chi connectivity index (χ4n) is 4.50. The van der Waals surface area contributed by atoms with E-state index >= 15 is 0 Å². The molecule has 0 radical (unpaired) electrons. The Balaban J connectivity index is 1.51. The van der Waals surface area contributed by atoms with E-state index in [1.807, 2.05) is 67.6 Å². The Labute approximate surface area is 200 Å². The van der Waals surface area contributed by atoms with Gasteiger partial charge in [-0.15, -0.1) is 0 Å². The van der Waals surface area contributed by atoms with Gasteiger partial charge in [-0.1, -0.05) is 60.2 Å². The molecule has 0 spiro atoms. The molecule has 0 unspecified atom stereocenters. The van der Waals surface area contributed by atoms with Crippen LogP contribution in [0.4, 0.5) is 14.9 Å². The van der Waals surface area contributed by atoms with Gasteiger partial charge in [-0.25, -0.2) is 9.18 Å². The van der Waals surface area contributed by atoms with Crippen molar-refractivity contribution in [2.75, 3.05) is 18.4 Å².